The highest BCUT2D eigenvalue weighted by molar-refractivity contribution is 5.31. The highest BCUT2D eigenvalue weighted by atomic mass is 19.1. The fourth-order valence-corrected chi connectivity index (χ4v) is 1.37. The van der Waals surface area contributed by atoms with E-state index in [0.717, 1.165) is 4.57 Å². The third-order valence-corrected chi connectivity index (χ3v) is 2.29. The maximum absolute atomic E-state index is 12.7. The summed E-state index contributed by atoms with van der Waals surface area (Å²) in [5.74, 6) is -0.374. The standard InChI is InChI=1S/C11H9FN2O2.C2H6/c1-13-10(15)6-7-14(11(13)16)9-4-2-8(12)3-5-9;1-2/h2-7H,1H3;1-2H3. The second-order valence-electron chi connectivity index (χ2n) is 3.34. The zero-order valence-electron chi connectivity index (χ0n) is 10.6. The Kier molecular flexibility index (Phi) is 4.59. The SMILES string of the molecule is CC.Cn1c(=O)ccn(-c2ccc(F)cc2)c1=O. The topological polar surface area (TPSA) is 44.0 Å². The van der Waals surface area contributed by atoms with Crippen LogP contribution in [0.3, 0.4) is 0 Å². The Morgan fingerprint density at radius 1 is 1.00 bits per heavy atom. The van der Waals surface area contributed by atoms with Crippen LogP contribution in [-0.4, -0.2) is 9.13 Å². The van der Waals surface area contributed by atoms with E-state index in [1.165, 1.54) is 48.1 Å². The fraction of sp³-hybridized carbons (Fsp3) is 0.231. The van der Waals surface area contributed by atoms with Crippen molar-refractivity contribution in [3.8, 4) is 5.69 Å². The van der Waals surface area contributed by atoms with Gasteiger partial charge in [0.15, 0.2) is 0 Å². The van der Waals surface area contributed by atoms with Gasteiger partial charge in [-0.15, -0.1) is 0 Å². The molecule has 18 heavy (non-hydrogen) atoms. The minimum Gasteiger partial charge on any atom is -0.269 e. The van der Waals surface area contributed by atoms with Crippen LogP contribution in [0.5, 0.6) is 0 Å². The molecule has 0 atom stereocenters. The van der Waals surface area contributed by atoms with E-state index in [1.54, 1.807) is 0 Å². The molecule has 0 fully saturated rings. The molecule has 1 aromatic carbocycles. The Labute approximate surface area is 104 Å². The Morgan fingerprint density at radius 3 is 2.11 bits per heavy atom. The number of nitrogens with zero attached hydrogens (tertiary/aromatic N) is 2. The largest absolute Gasteiger partial charge is 0.335 e. The van der Waals surface area contributed by atoms with Gasteiger partial charge in [-0.3, -0.25) is 13.9 Å². The molecule has 2 rings (SSSR count). The summed E-state index contributed by atoms with van der Waals surface area (Å²) in [6, 6.07) is 6.74. The zero-order chi connectivity index (χ0) is 13.7. The van der Waals surface area contributed by atoms with Gasteiger partial charge in [0.1, 0.15) is 5.82 Å². The minimum absolute atomic E-state index is 0.372. The van der Waals surface area contributed by atoms with Crippen LogP contribution in [0.25, 0.3) is 5.69 Å². The van der Waals surface area contributed by atoms with Crippen LogP contribution in [0.2, 0.25) is 0 Å². The highest BCUT2D eigenvalue weighted by Gasteiger charge is 2.03. The molecule has 0 aliphatic heterocycles. The first-order valence-corrected chi connectivity index (χ1v) is 5.64. The Hall–Kier alpha value is -2.17. The van der Waals surface area contributed by atoms with Crippen LogP contribution in [0.1, 0.15) is 13.8 Å². The summed E-state index contributed by atoms with van der Waals surface area (Å²) in [6.07, 6.45) is 1.37. The molecule has 4 nitrogen and oxygen atoms in total. The number of benzene rings is 1. The van der Waals surface area contributed by atoms with Gasteiger partial charge in [-0.1, -0.05) is 13.8 Å². The lowest BCUT2D eigenvalue weighted by molar-refractivity contribution is 0.626. The van der Waals surface area contributed by atoms with E-state index in [-0.39, 0.29) is 11.4 Å². The molecule has 96 valence electrons. The fourth-order valence-electron chi connectivity index (χ4n) is 1.37. The summed E-state index contributed by atoms with van der Waals surface area (Å²) in [5.41, 5.74) is -0.315. The molecule has 0 bridgehead atoms. The summed E-state index contributed by atoms with van der Waals surface area (Å²) in [4.78, 5) is 22.9. The average Bonchev–Trinajstić information content (AvgIpc) is 2.40. The van der Waals surface area contributed by atoms with Crippen LogP contribution in [0.15, 0.2) is 46.1 Å². The molecule has 0 saturated carbocycles. The van der Waals surface area contributed by atoms with Gasteiger partial charge in [0, 0.05) is 19.3 Å². The van der Waals surface area contributed by atoms with Crippen LogP contribution in [-0.2, 0) is 7.05 Å². The molecule has 0 amide bonds. The van der Waals surface area contributed by atoms with Gasteiger partial charge < -0.3 is 0 Å². The van der Waals surface area contributed by atoms with Crippen molar-refractivity contribution in [1.82, 2.24) is 9.13 Å². The van der Waals surface area contributed by atoms with Crippen molar-refractivity contribution in [3.63, 3.8) is 0 Å². The lowest BCUT2D eigenvalue weighted by atomic mass is 10.3. The predicted octanol–water partition coefficient (Wildman–Crippen LogP) is 1.70. The molecule has 0 N–H and O–H groups in total. The summed E-state index contributed by atoms with van der Waals surface area (Å²) in [5, 5.41) is 0. The molecular weight excluding hydrogens is 235 g/mol. The maximum Gasteiger partial charge on any atom is 0.335 e. The number of halogens is 1. The monoisotopic (exact) mass is 250 g/mol. The second kappa shape index (κ2) is 5.95. The van der Waals surface area contributed by atoms with Crippen molar-refractivity contribution in [2.75, 3.05) is 0 Å². The molecule has 0 spiro atoms. The number of rotatable bonds is 1. The Balaban J connectivity index is 0.000000771. The molecule has 1 heterocycles. The molecule has 0 unspecified atom stereocenters. The molecule has 1 aromatic heterocycles. The van der Waals surface area contributed by atoms with E-state index < -0.39 is 5.69 Å². The van der Waals surface area contributed by atoms with Gasteiger partial charge >= 0.3 is 5.69 Å². The summed E-state index contributed by atoms with van der Waals surface area (Å²) >= 11 is 0. The molecule has 0 saturated heterocycles. The molecule has 5 heteroatoms. The number of hydrogen-bond acceptors (Lipinski definition) is 2. The summed E-state index contributed by atoms with van der Waals surface area (Å²) in [7, 11) is 1.39. The Morgan fingerprint density at radius 2 is 1.56 bits per heavy atom. The highest BCUT2D eigenvalue weighted by Crippen LogP contribution is 2.05. The number of aromatic nitrogens is 2. The third kappa shape index (κ3) is 2.74. The quantitative estimate of drug-likeness (QED) is 0.773. The predicted molar refractivity (Wildman–Crippen MR) is 68.6 cm³/mol. The first-order valence-electron chi connectivity index (χ1n) is 5.64. The average molecular weight is 250 g/mol. The van der Waals surface area contributed by atoms with E-state index in [4.69, 9.17) is 0 Å². The van der Waals surface area contributed by atoms with Gasteiger partial charge in [0.25, 0.3) is 5.56 Å². The van der Waals surface area contributed by atoms with Gasteiger partial charge in [0.05, 0.1) is 5.69 Å². The molecule has 2 aromatic rings. The van der Waals surface area contributed by atoms with Crippen molar-refractivity contribution in [2.24, 2.45) is 7.05 Å². The lowest BCUT2D eigenvalue weighted by Gasteiger charge is -2.06. The first kappa shape index (κ1) is 13.9. The molecule has 0 aliphatic rings. The second-order valence-corrected chi connectivity index (χ2v) is 3.34. The first-order chi connectivity index (χ1) is 8.59. The molecule has 0 radical (unpaired) electrons. The van der Waals surface area contributed by atoms with Gasteiger partial charge in [-0.25, -0.2) is 9.18 Å². The van der Waals surface area contributed by atoms with Crippen LogP contribution >= 0.6 is 0 Å². The normalized spacial score (nSPS) is 9.56. The smallest absolute Gasteiger partial charge is 0.269 e. The van der Waals surface area contributed by atoms with Crippen molar-refractivity contribution in [2.45, 2.75) is 13.8 Å². The number of hydrogen-bond donors (Lipinski definition) is 0. The van der Waals surface area contributed by atoms with Crippen molar-refractivity contribution in [3.05, 3.63) is 63.2 Å². The van der Waals surface area contributed by atoms with Crippen LogP contribution in [0.4, 0.5) is 4.39 Å². The summed E-state index contributed by atoms with van der Waals surface area (Å²) < 4.78 is 15.0. The van der Waals surface area contributed by atoms with Crippen molar-refractivity contribution < 1.29 is 4.39 Å². The van der Waals surface area contributed by atoms with Gasteiger partial charge in [0.2, 0.25) is 0 Å². The third-order valence-electron chi connectivity index (χ3n) is 2.29. The van der Waals surface area contributed by atoms with Crippen molar-refractivity contribution in [1.29, 1.82) is 0 Å². The maximum atomic E-state index is 12.7. The van der Waals surface area contributed by atoms with Crippen LogP contribution in [0, 0.1) is 5.82 Å². The van der Waals surface area contributed by atoms with Crippen molar-refractivity contribution >= 4 is 0 Å². The summed E-state index contributed by atoms with van der Waals surface area (Å²) in [6.45, 7) is 4.00. The van der Waals surface area contributed by atoms with Crippen LogP contribution < -0.4 is 11.2 Å². The van der Waals surface area contributed by atoms with E-state index >= 15 is 0 Å². The Bertz CT molecular complexity index is 627. The zero-order valence-corrected chi connectivity index (χ0v) is 10.6. The molecular formula is C13H15FN2O2. The lowest BCUT2D eigenvalue weighted by Crippen LogP contribution is -2.36. The van der Waals surface area contributed by atoms with Gasteiger partial charge in [-0.2, -0.15) is 0 Å². The van der Waals surface area contributed by atoms with E-state index in [0.29, 0.717) is 5.69 Å². The van der Waals surface area contributed by atoms with Gasteiger partial charge in [-0.05, 0) is 24.3 Å². The van der Waals surface area contributed by atoms with E-state index in [9.17, 15) is 14.0 Å². The minimum atomic E-state index is -0.459. The van der Waals surface area contributed by atoms with E-state index in [1.807, 2.05) is 13.8 Å². The van der Waals surface area contributed by atoms with E-state index in [2.05, 4.69) is 0 Å². The molecule has 0 aliphatic carbocycles.